The molecular formula is C11H11F2NO5S. The van der Waals surface area contributed by atoms with Crippen LogP contribution in [0.5, 0.6) is 0 Å². The zero-order chi connectivity index (χ0) is 15.7. The van der Waals surface area contributed by atoms with Crippen molar-refractivity contribution in [2.75, 3.05) is 0 Å². The van der Waals surface area contributed by atoms with E-state index in [2.05, 4.69) is 4.98 Å². The van der Waals surface area contributed by atoms with E-state index in [0.29, 0.717) is 11.1 Å². The number of aromatic nitrogens is 1. The summed E-state index contributed by atoms with van der Waals surface area (Å²) >= 11 is 0. The molecular weight excluding hydrogens is 296 g/mol. The van der Waals surface area contributed by atoms with Crippen molar-refractivity contribution in [2.24, 2.45) is 0 Å². The van der Waals surface area contributed by atoms with Gasteiger partial charge < -0.3 is 4.98 Å². The van der Waals surface area contributed by atoms with Gasteiger partial charge in [-0.2, -0.15) is 8.42 Å². The molecule has 0 aliphatic carbocycles. The molecule has 0 unspecified atom stereocenters. The van der Waals surface area contributed by atoms with Crippen LogP contribution in [-0.2, 0) is 10.4 Å². The zero-order valence-corrected chi connectivity index (χ0v) is 11.3. The lowest BCUT2D eigenvalue weighted by molar-refractivity contribution is 0.381. The molecule has 3 N–H and O–H groups in total. The lowest BCUT2D eigenvalue weighted by Crippen LogP contribution is -2.08. The van der Waals surface area contributed by atoms with Crippen LogP contribution in [0.3, 0.4) is 0 Å². The van der Waals surface area contributed by atoms with Gasteiger partial charge in [-0.05, 0) is 19.9 Å². The lowest BCUT2D eigenvalue weighted by Gasteiger charge is -2.04. The van der Waals surface area contributed by atoms with E-state index in [1.165, 1.54) is 13.1 Å². The summed E-state index contributed by atoms with van der Waals surface area (Å²) < 4.78 is 57.9. The quantitative estimate of drug-likeness (QED) is 0.643. The summed E-state index contributed by atoms with van der Waals surface area (Å²) in [5.74, 6) is -1.90. The van der Waals surface area contributed by atoms with Gasteiger partial charge in [-0.25, -0.2) is 8.78 Å². The van der Waals surface area contributed by atoms with E-state index in [1.54, 1.807) is 6.92 Å². The van der Waals surface area contributed by atoms with E-state index in [4.69, 9.17) is 17.5 Å². The topological polar surface area (TPSA) is 107 Å². The maximum atomic E-state index is 13.2. The summed E-state index contributed by atoms with van der Waals surface area (Å²) in [7, 11) is -4.67. The molecule has 0 aliphatic rings. The van der Waals surface area contributed by atoms with Gasteiger partial charge in [0.05, 0.1) is 5.52 Å². The average Bonchev–Trinajstić information content (AvgIpc) is 2.30. The van der Waals surface area contributed by atoms with Crippen molar-refractivity contribution in [1.82, 2.24) is 4.98 Å². The summed E-state index contributed by atoms with van der Waals surface area (Å²) in [5.41, 5.74) is 0.685. The number of fused-ring (bicyclic) bond motifs is 1. The number of rotatable bonds is 0. The highest BCUT2D eigenvalue weighted by Crippen LogP contribution is 2.19. The van der Waals surface area contributed by atoms with Crippen molar-refractivity contribution in [3.8, 4) is 0 Å². The highest BCUT2D eigenvalue weighted by atomic mass is 32.3. The van der Waals surface area contributed by atoms with E-state index in [0.717, 1.165) is 6.07 Å². The molecule has 0 aliphatic heterocycles. The maximum absolute atomic E-state index is 13.2. The van der Waals surface area contributed by atoms with Crippen molar-refractivity contribution in [2.45, 2.75) is 13.8 Å². The van der Waals surface area contributed by atoms with Gasteiger partial charge in [0.15, 0.2) is 17.1 Å². The van der Waals surface area contributed by atoms with Gasteiger partial charge in [-0.3, -0.25) is 13.9 Å². The van der Waals surface area contributed by atoms with Crippen LogP contribution < -0.4 is 5.43 Å². The number of halogens is 2. The molecule has 0 saturated carbocycles. The molecule has 0 radical (unpaired) electrons. The number of hydrogen-bond donors (Lipinski definition) is 3. The van der Waals surface area contributed by atoms with Gasteiger partial charge in [0.25, 0.3) is 0 Å². The van der Waals surface area contributed by atoms with Crippen molar-refractivity contribution in [3.05, 3.63) is 45.2 Å². The monoisotopic (exact) mass is 307 g/mol. The first-order chi connectivity index (χ1) is 9.02. The summed E-state index contributed by atoms with van der Waals surface area (Å²) in [6.07, 6.45) is 1.50. The predicted molar refractivity (Wildman–Crippen MR) is 68.1 cm³/mol. The molecule has 9 heteroatoms. The van der Waals surface area contributed by atoms with Crippen molar-refractivity contribution < 1.29 is 26.3 Å². The van der Waals surface area contributed by atoms with Gasteiger partial charge in [0, 0.05) is 22.7 Å². The van der Waals surface area contributed by atoms with Crippen molar-refractivity contribution in [1.29, 1.82) is 0 Å². The Morgan fingerprint density at radius 2 is 1.70 bits per heavy atom. The SMILES string of the molecule is Cc1c[nH]c2c(C)c(F)c(F)cc2c1=O.O=S(=O)(O)O. The Hall–Kier alpha value is -1.84. The molecule has 20 heavy (non-hydrogen) atoms. The van der Waals surface area contributed by atoms with E-state index < -0.39 is 22.0 Å². The van der Waals surface area contributed by atoms with E-state index in [-0.39, 0.29) is 16.4 Å². The third kappa shape index (κ3) is 3.83. The molecule has 0 atom stereocenters. The number of hydrogen-bond acceptors (Lipinski definition) is 3. The van der Waals surface area contributed by atoms with Crippen LogP contribution >= 0.6 is 0 Å². The van der Waals surface area contributed by atoms with Crippen molar-refractivity contribution in [3.63, 3.8) is 0 Å². The molecule has 2 aromatic rings. The number of nitrogens with one attached hydrogen (secondary N) is 1. The Labute approximate surface area is 112 Å². The van der Waals surface area contributed by atoms with E-state index >= 15 is 0 Å². The molecule has 1 aromatic heterocycles. The lowest BCUT2D eigenvalue weighted by atomic mass is 10.1. The third-order valence-electron chi connectivity index (χ3n) is 2.49. The minimum Gasteiger partial charge on any atom is -0.360 e. The molecule has 6 nitrogen and oxygen atoms in total. The number of aryl methyl sites for hydroxylation is 2. The molecule has 110 valence electrons. The maximum Gasteiger partial charge on any atom is 0.394 e. The summed E-state index contributed by atoms with van der Waals surface area (Å²) in [4.78, 5) is 14.4. The molecule has 0 bridgehead atoms. The number of pyridine rings is 1. The minimum absolute atomic E-state index is 0.127. The molecule has 0 saturated heterocycles. The van der Waals surface area contributed by atoms with E-state index in [9.17, 15) is 13.6 Å². The molecule has 1 aromatic carbocycles. The van der Waals surface area contributed by atoms with Gasteiger partial charge in [-0.15, -0.1) is 0 Å². The Kier molecular flexibility index (Phi) is 4.58. The Morgan fingerprint density at radius 1 is 1.20 bits per heavy atom. The van der Waals surface area contributed by atoms with Crippen LogP contribution in [0.25, 0.3) is 10.9 Å². The number of benzene rings is 1. The van der Waals surface area contributed by atoms with Crippen LogP contribution in [0.15, 0.2) is 17.1 Å². The standard InChI is InChI=1S/C11H9F2NO.H2O4S/c1-5-4-14-10-6(2)9(13)8(12)3-7(10)11(5)15;1-5(2,3)4/h3-4H,1-2H3,(H,14,15);(H2,1,2,3,4). The van der Waals surface area contributed by atoms with Crippen molar-refractivity contribution >= 4 is 21.3 Å². The van der Waals surface area contributed by atoms with Crippen LogP contribution in [0.2, 0.25) is 0 Å². The molecule has 0 spiro atoms. The fraction of sp³-hybridized carbons (Fsp3) is 0.182. The van der Waals surface area contributed by atoms with Gasteiger partial charge >= 0.3 is 10.4 Å². The second-order valence-electron chi connectivity index (χ2n) is 3.97. The normalized spacial score (nSPS) is 11.1. The second kappa shape index (κ2) is 5.65. The molecule has 1 heterocycles. The molecule has 2 rings (SSSR count). The summed E-state index contributed by atoms with van der Waals surface area (Å²) in [6, 6.07) is 0.934. The largest absolute Gasteiger partial charge is 0.394 e. The van der Waals surface area contributed by atoms with Crippen LogP contribution in [0.1, 0.15) is 11.1 Å². The summed E-state index contributed by atoms with van der Waals surface area (Å²) in [6.45, 7) is 3.06. The minimum atomic E-state index is -4.67. The van der Waals surface area contributed by atoms with Crippen LogP contribution in [0, 0.1) is 25.5 Å². The first-order valence-corrected chi connectivity index (χ1v) is 6.58. The number of H-pyrrole nitrogens is 1. The van der Waals surface area contributed by atoms with Crippen LogP contribution in [0.4, 0.5) is 8.78 Å². The smallest absolute Gasteiger partial charge is 0.360 e. The highest BCUT2D eigenvalue weighted by molar-refractivity contribution is 7.79. The van der Waals surface area contributed by atoms with Gasteiger partial charge in [-0.1, -0.05) is 0 Å². The van der Waals surface area contributed by atoms with Crippen LogP contribution in [-0.4, -0.2) is 22.5 Å². The first kappa shape index (κ1) is 16.2. The Balaban J connectivity index is 0.000000347. The van der Waals surface area contributed by atoms with Gasteiger partial charge in [0.2, 0.25) is 0 Å². The zero-order valence-electron chi connectivity index (χ0n) is 10.4. The Bertz CT molecular complexity index is 806. The van der Waals surface area contributed by atoms with Gasteiger partial charge in [0.1, 0.15) is 0 Å². The summed E-state index contributed by atoms with van der Waals surface area (Å²) in [5, 5.41) is 0.186. The Morgan fingerprint density at radius 3 is 2.20 bits per heavy atom. The predicted octanol–water partition coefficient (Wildman–Crippen LogP) is 1.77. The molecule has 0 fully saturated rings. The first-order valence-electron chi connectivity index (χ1n) is 5.19. The number of aromatic amines is 1. The molecule has 0 amide bonds. The fourth-order valence-corrected chi connectivity index (χ4v) is 1.58. The third-order valence-corrected chi connectivity index (χ3v) is 2.49. The van der Waals surface area contributed by atoms with E-state index in [1.807, 2.05) is 0 Å². The average molecular weight is 307 g/mol. The highest BCUT2D eigenvalue weighted by Gasteiger charge is 2.12. The second-order valence-corrected chi connectivity index (χ2v) is 4.86. The fourth-order valence-electron chi connectivity index (χ4n) is 1.58.